The molecule has 4 aliphatic carbocycles. The quantitative estimate of drug-likeness (QED) is 0.851. The summed E-state index contributed by atoms with van der Waals surface area (Å²) in [6.07, 6.45) is 14.3. The van der Waals surface area contributed by atoms with Crippen LogP contribution < -0.4 is 5.32 Å². The van der Waals surface area contributed by atoms with Gasteiger partial charge < -0.3 is 10.1 Å². The summed E-state index contributed by atoms with van der Waals surface area (Å²) in [4.78, 5) is 0. The standard InChI is InChI=1S/C18H29NO/c1-11(19-16-7-15-2-3-17(16)20-15)18-8-12-4-13(9-18)6-14(5-12)10-18/h11-17,19H,2-10H2,1H3. The van der Waals surface area contributed by atoms with E-state index in [0.717, 1.165) is 17.8 Å². The van der Waals surface area contributed by atoms with Crippen molar-refractivity contribution in [3.05, 3.63) is 0 Å². The van der Waals surface area contributed by atoms with E-state index in [0.29, 0.717) is 29.7 Å². The highest BCUT2D eigenvalue weighted by Gasteiger charge is 2.54. The molecule has 4 saturated carbocycles. The first kappa shape index (κ1) is 12.5. The van der Waals surface area contributed by atoms with Crippen molar-refractivity contribution in [2.24, 2.45) is 23.2 Å². The molecule has 0 aromatic carbocycles. The maximum absolute atomic E-state index is 6.04. The summed E-state index contributed by atoms with van der Waals surface area (Å²) in [7, 11) is 0. The topological polar surface area (TPSA) is 21.3 Å². The van der Waals surface area contributed by atoms with Crippen molar-refractivity contribution in [1.29, 1.82) is 0 Å². The zero-order chi connectivity index (χ0) is 13.3. The lowest BCUT2D eigenvalue weighted by molar-refractivity contribution is -0.0732. The SMILES string of the molecule is CC(NC1CC2CCC1O2)C12CC3CC(CC(C3)C1)C2. The molecule has 0 radical (unpaired) electrons. The first-order valence-electron chi connectivity index (χ1n) is 9.12. The normalized spacial score (nSPS) is 57.5. The highest BCUT2D eigenvalue weighted by molar-refractivity contribution is 5.06. The number of nitrogens with one attached hydrogen (secondary N) is 1. The third-order valence-corrected chi connectivity index (χ3v) is 7.57. The van der Waals surface area contributed by atoms with Crippen molar-refractivity contribution in [1.82, 2.24) is 5.32 Å². The van der Waals surface area contributed by atoms with Crippen molar-refractivity contribution in [3.8, 4) is 0 Å². The zero-order valence-electron chi connectivity index (χ0n) is 12.8. The van der Waals surface area contributed by atoms with Crippen LogP contribution in [0.5, 0.6) is 0 Å². The Bertz CT molecular complexity index is 371. The van der Waals surface area contributed by atoms with E-state index in [4.69, 9.17) is 4.74 Å². The highest BCUT2D eigenvalue weighted by Crippen LogP contribution is 2.61. The van der Waals surface area contributed by atoms with Crippen LogP contribution in [-0.4, -0.2) is 24.3 Å². The lowest BCUT2D eigenvalue weighted by atomic mass is 9.48. The molecule has 0 spiro atoms. The first-order valence-corrected chi connectivity index (χ1v) is 9.12. The van der Waals surface area contributed by atoms with Gasteiger partial charge in [0, 0.05) is 12.1 Å². The van der Waals surface area contributed by atoms with Crippen LogP contribution in [-0.2, 0) is 4.74 Å². The lowest BCUT2D eigenvalue weighted by Crippen LogP contribution is -2.57. The predicted molar refractivity (Wildman–Crippen MR) is 79.5 cm³/mol. The number of ether oxygens (including phenoxy) is 1. The molecule has 4 unspecified atom stereocenters. The zero-order valence-corrected chi connectivity index (χ0v) is 12.8. The second-order valence-corrected chi connectivity index (χ2v) is 8.88. The van der Waals surface area contributed by atoms with Gasteiger partial charge in [0.2, 0.25) is 0 Å². The highest BCUT2D eigenvalue weighted by atomic mass is 16.5. The van der Waals surface area contributed by atoms with Gasteiger partial charge >= 0.3 is 0 Å². The fourth-order valence-electron chi connectivity index (χ4n) is 7.02. The second kappa shape index (κ2) is 4.23. The van der Waals surface area contributed by atoms with Crippen LogP contribution in [0.2, 0.25) is 0 Å². The Morgan fingerprint density at radius 3 is 2.10 bits per heavy atom. The minimum atomic E-state index is 0.538. The van der Waals surface area contributed by atoms with Gasteiger partial charge in [-0.15, -0.1) is 0 Å². The Labute approximate surface area is 123 Å². The maximum Gasteiger partial charge on any atom is 0.0733 e. The molecular weight excluding hydrogens is 246 g/mol. The summed E-state index contributed by atoms with van der Waals surface area (Å²) in [6, 6.07) is 1.38. The van der Waals surface area contributed by atoms with Gasteiger partial charge in [-0.3, -0.25) is 0 Å². The number of fused-ring (bicyclic) bond motifs is 2. The van der Waals surface area contributed by atoms with Crippen LogP contribution in [0.4, 0.5) is 0 Å². The Kier molecular flexibility index (Phi) is 2.63. The maximum atomic E-state index is 6.04. The van der Waals surface area contributed by atoms with Gasteiger partial charge in [0.15, 0.2) is 0 Å². The summed E-state index contributed by atoms with van der Waals surface area (Å²) < 4.78 is 6.04. The van der Waals surface area contributed by atoms with E-state index in [1.807, 2.05) is 0 Å². The molecule has 20 heavy (non-hydrogen) atoms. The van der Waals surface area contributed by atoms with Crippen LogP contribution in [0.15, 0.2) is 0 Å². The molecule has 2 aliphatic heterocycles. The van der Waals surface area contributed by atoms with E-state index < -0.39 is 0 Å². The second-order valence-electron chi connectivity index (χ2n) is 8.88. The third kappa shape index (κ3) is 1.76. The Morgan fingerprint density at radius 2 is 1.60 bits per heavy atom. The third-order valence-electron chi connectivity index (χ3n) is 7.57. The summed E-state index contributed by atoms with van der Waals surface area (Å²) in [5.74, 6) is 3.21. The van der Waals surface area contributed by atoms with Gasteiger partial charge in [0.25, 0.3) is 0 Å². The Morgan fingerprint density at radius 1 is 0.950 bits per heavy atom. The van der Waals surface area contributed by atoms with Crippen molar-refractivity contribution < 1.29 is 4.74 Å². The molecule has 4 atom stereocenters. The predicted octanol–water partition coefficient (Wildman–Crippen LogP) is 3.50. The Hall–Kier alpha value is -0.0800. The molecule has 6 bridgehead atoms. The van der Waals surface area contributed by atoms with E-state index in [-0.39, 0.29) is 0 Å². The monoisotopic (exact) mass is 275 g/mol. The fourth-order valence-corrected chi connectivity index (χ4v) is 7.02. The first-order chi connectivity index (χ1) is 9.70. The van der Waals surface area contributed by atoms with E-state index >= 15 is 0 Å². The molecule has 2 nitrogen and oxygen atoms in total. The summed E-state index contributed by atoms with van der Waals surface area (Å²) in [6.45, 7) is 2.50. The summed E-state index contributed by atoms with van der Waals surface area (Å²) in [5, 5.41) is 4.04. The van der Waals surface area contributed by atoms with Crippen LogP contribution in [0.25, 0.3) is 0 Å². The van der Waals surface area contributed by atoms with Crippen molar-refractivity contribution in [2.75, 3.05) is 0 Å². The van der Waals surface area contributed by atoms with Gasteiger partial charge in [-0.2, -0.15) is 0 Å². The molecular formula is C18H29NO. The minimum absolute atomic E-state index is 0.538. The van der Waals surface area contributed by atoms with E-state index in [1.54, 1.807) is 19.3 Å². The molecule has 2 heterocycles. The molecule has 0 amide bonds. The molecule has 2 heteroatoms. The lowest BCUT2D eigenvalue weighted by Gasteiger charge is -2.59. The van der Waals surface area contributed by atoms with Gasteiger partial charge in [0.05, 0.1) is 12.2 Å². The molecule has 2 saturated heterocycles. The van der Waals surface area contributed by atoms with E-state index in [1.165, 1.54) is 38.5 Å². The molecule has 0 aromatic heterocycles. The summed E-state index contributed by atoms with van der Waals surface area (Å²) in [5.41, 5.74) is 0.649. The average molecular weight is 275 g/mol. The Balaban J connectivity index is 1.32. The molecule has 112 valence electrons. The number of hydrogen-bond donors (Lipinski definition) is 1. The molecule has 6 fully saturated rings. The van der Waals surface area contributed by atoms with Gasteiger partial charge in [-0.1, -0.05) is 0 Å². The van der Waals surface area contributed by atoms with Gasteiger partial charge in [-0.05, 0) is 87.9 Å². The van der Waals surface area contributed by atoms with E-state index in [2.05, 4.69) is 12.2 Å². The minimum Gasteiger partial charge on any atom is -0.373 e. The van der Waals surface area contributed by atoms with Crippen LogP contribution >= 0.6 is 0 Å². The summed E-state index contributed by atoms with van der Waals surface area (Å²) >= 11 is 0. The van der Waals surface area contributed by atoms with Crippen molar-refractivity contribution in [3.63, 3.8) is 0 Å². The smallest absolute Gasteiger partial charge is 0.0733 e. The molecule has 1 N–H and O–H groups in total. The van der Waals surface area contributed by atoms with Crippen LogP contribution in [0.1, 0.15) is 64.7 Å². The van der Waals surface area contributed by atoms with Gasteiger partial charge in [0.1, 0.15) is 0 Å². The molecule has 6 rings (SSSR count). The van der Waals surface area contributed by atoms with E-state index in [9.17, 15) is 0 Å². The van der Waals surface area contributed by atoms with Crippen LogP contribution in [0.3, 0.4) is 0 Å². The van der Waals surface area contributed by atoms with Crippen LogP contribution in [0, 0.1) is 23.2 Å². The molecule has 6 aliphatic rings. The average Bonchev–Trinajstić information content (AvgIpc) is 2.99. The largest absolute Gasteiger partial charge is 0.373 e. The number of rotatable bonds is 3. The van der Waals surface area contributed by atoms with Gasteiger partial charge in [-0.25, -0.2) is 0 Å². The number of hydrogen-bond acceptors (Lipinski definition) is 2. The van der Waals surface area contributed by atoms with Crippen molar-refractivity contribution in [2.45, 2.75) is 89.0 Å². The molecule has 0 aromatic rings. The fraction of sp³-hybridized carbons (Fsp3) is 1.00. The van der Waals surface area contributed by atoms with Crippen molar-refractivity contribution >= 4 is 0 Å².